The van der Waals surface area contributed by atoms with Crippen LogP contribution in [0.15, 0.2) is 58.9 Å². The minimum absolute atomic E-state index is 0.295. The molecule has 2 aromatic carbocycles. The molecule has 0 radical (unpaired) electrons. The monoisotopic (exact) mass is 331 g/mol. The number of para-hydroxylation sites is 1. The number of thioether (sulfide) groups is 1. The van der Waals surface area contributed by atoms with Crippen LogP contribution >= 0.6 is 23.1 Å². The lowest BCUT2D eigenvalue weighted by atomic mass is 10.2. The van der Waals surface area contributed by atoms with Crippen LogP contribution in [0.25, 0.3) is 0 Å². The quantitative estimate of drug-likeness (QED) is 0.661. The zero-order chi connectivity index (χ0) is 15.2. The van der Waals surface area contributed by atoms with Crippen molar-refractivity contribution in [3.8, 4) is 0 Å². The molecule has 6 heteroatoms. The first-order chi connectivity index (χ1) is 10.8. The third-order valence-electron chi connectivity index (χ3n) is 2.98. The molecule has 0 bridgehead atoms. The smallest absolute Gasteiger partial charge is 0.210 e. The van der Waals surface area contributed by atoms with Gasteiger partial charge in [-0.1, -0.05) is 65.6 Å². The van der Waals surface area contributed by atoms with Crippen molar-refractivity contribution in [2.75, 3.05) is 11.1 Å². The second kappa shape index (κ2) is 7.38. The molecule has 3 nitrogen and oxygen atoms in total. The van der Waals surface area contributed by atoms with Gasteiger partial charge in [-0.3, -0.25) is 0 Å². The molecule has 0 saturated heterocycles. The minimum Gasteiger partial charge on any atom is -0.328 e. The number of aryl methyl sites for hydroxylation is 1. The maximum absolute atomic E-state index is 13.6. The lowest BCUT2D eigenvalue weighted by molar-refractivity contribution is 0.632. The fourth-order valence-electron chi connectivity index (χ4n) is 1.90. The number of rotatable bonds is 6. The van der Waals surface area contributed by atoms with Crippen molar-refractivity contribution in [3.63, 3.8) is 0 Å². The summed E-state index contributed by atoms with van der Waals surface area (Å²) in [7, 11) is 0. The summed E-state index contributed by atoms with van der Waals surface area (Å²) in [5.74, 6) is 0.647. The lowest BCUT2D eigenvalue weighted by Crippen LogP contribution is -1.92. The van der Waals surface area contributed by atoms with Crippen molar-refractivity contribution in [2.45, 2.75) is 10.8 Å². The van der Waals surface area contributed by atoms with Crippen LogP contribution in [0, 0.1) is 5.82 Å². The summed E-state index contributed by atoms with van der Waals surface area (Å²) >= 11 is 3.10. The van der Waals surface area contributed by atoms with E-state index in [1.54, 1.807) is 30.0 Å². The average Bonchev–Trinajstić information content (AvgIpc) is 2.98. The molecule has 0 saturated carbocycles. The summed E-state index contributed by atoms with van der Waals surface area (Å²) in [5, 5.41) is 11.7. The number of aromatic nitrogens is 2. The first-order valence-corrected chi connectivity index (χ1v) is 8.63. The highest BCUT2D eigenvalue weighted by atomic mass is 32.2. The molecule has 3 rings (SSSR count). The highest BCUT2D eigenvalue weighted by Gasteiger charge is 2.07. The van der Waals surface area contributed by atoms with Gasteiger partial charge in [-0.05, 0) is 24.1 Å². The Hall–Kier alpha value is -1.92. The molecule has 0 atom stereocenters. The van der Waals surface area contributed by atoms with Gasteiger partial charge in [0.25, 0.3) is 0 Å². The van der Waals surface area contributed by atoms with Crippen molar-refractivity contribution < 1.29 is 4.39 Å². The molecule has 1 heterocycles. The maximum atomic E-state index is 13.6. The summed E-state index contributed by atoms with van der Waals surface area (Å²) < 4.78 is 14.4. The minimum atomic E-state index is -0.295. The van der Waals surface area contributed by atoms with Crippen molar-refractivity contribution >= 4 is 33.9 Å². The molecule has 0 fully saturated rings. The fourth-order valence-corrected chi connectivity index (χ4v) is 3.72. The van der Waals surface area contributed by atoms with E-state index >= 15 is 0 Å². The number of anilines is 2. The van der Waals surface area contributed by atoms with Crippen LogP contribution in [-0.4, -0.2) is 16.0 Å². The Morgan fingerprint density at radius 1 is 1.00 bits per heavy atom. The largest absolute Gasteiger partial charge is 0.328 e. The van der Waals surface area contributed by atoms with Gasteiger partial charge in [0.15, 0.2) is 4.34 Å². The standard InChI is InChI=1S/C16H14FN3S2/c17-13-8-4-5-9-14(13)18-15-19-20-16(22-15)21-11-10-12-6-2-1-3-7-12/h1-9H,10-11H2,(H,18,19). The summed E-state index contributed by atoms with van der Waals surface area (Å²) in [6.45, 7) is 0. The normalized spacial score (nSPS) is 10.6. The predicted molar refractivity (Wildman–Crippen MR) is 90.5 cm³/mol. The summed E-state index contributed by atoms with van der Waals surface area (Å²) in [4.78, 5) is 0. The summed E-state index contributed by atoms with van der Waals surface area (Å²) in [6.07, 6.45) is 0.987. The Labute approximate surface area is 136 Å². The zero-order valence-corrected chi connectivity index (χ0v) is 13.3. The molecule has 0 unspecified atom stereocenters. The molecule has 22 heavy (non-hydrogen) atoms. The average molecular weight is 331 g/mol. The van der Waals surface area contributed by atoms with Gasteiger partial charge >= 0.3 is 0 Å². The first-order valence-electron chi connectivity index (χ1n) is 6.83. The molecule has 0 spiro atoms. The second-order valence-corrected chi connectivity index (χ2v) is 6.88. The van der Waals surface area contributed by atoms with E-state index in [2.05, 4.69) is 27.6 Å². The SMILES string of the molecule is Fc1ccccc1Nc1nnc(SCCc2ccccc2)s1. The molecule has 1 N–H and O–H groups in total. The van der Waals surface area contributed by atoms with E-state index in [-0.39, 0.29) is 5.82 Å². The Morgan fingerprint density at radius 3 is 2.59 bits per heavy atom. The van der Waals surface area contributed by atoms with Gasteiger partial charge in [0.2, 0.25) is 5.13 Å². The Morgan fingerprint density at radius 2 is 1.77 bits per heavy atom. The van der Waals surface area contributed by atoms with Crippen LogP contribution in [0.1, 0.15) is 5.56 Å². The molecule has 0 aliphatic heterocycles. The van der Waals surface area contributed by atoms with Gasteiger partial charge in [0.1, 0.15) is 5.82 Å². The molecular weight excluding hydrogens is 317 g/mol. The molecule has 3 aromatic rings. The zero-order valence-electron chi connectivity index (χ0n) is 11.7. The molecule has 0 aliphatic carbocycles. The van der Waals surface area contributed by atoms with Crippen LogP contribution in [-0.2, 0) is 6.42 Å². The van der Waals surface area contributed by atoms with Crippen LogP contribution in [0.3, 0.4) is 0 Å². The summed E-state index contributed by atoms with van der Waals surface area (Å²) in [5.41, 5.74) is 1.73. The molecular formula is C16H14FN3S2. The van der Waals surface area contributed by atoms with Gasteiger partial charge in [-0.2, -0.15) is 0 Å². The van der Waals surface area contributed by atoms with Crippen molar-refractivity contribution in [1.82, 2.24) is 10.2 Å². The van der Waals surface area contributed by atoms with E-state index in [1.165, 1.54) is 23.0 Å². The molecule has 0 amide bonds. The van der Waals surface area contributed by atoms with Crippen LogP contribution in [0.5, 0.6) is 0 Å². The maximum Gasteiger partial charge on any atom is 0.210 e. The topological polar surface area (TPSA) is 37.8 Å². The lowest BCUT2D eigenvalue weighted by Gasteiger charge is -2.01. The second-order valence-electron chi connectivity index (χ2n) is 4.56. The van der Waals surface area contributed by atoms with Crippen LogP contribution < -0.4 is 5.32 Å². The van der Waals surface area contributed by atoms with E-state index in [0.717, 1.165) is 16.5 Å². The van der Waals surface area contributed by atoms with Gasteiger partial charge < -0.3 is 5.32 Å². The van der Waals surface area contributed by atoms with Gasteiger partial charge in [-0.15, -0.1) is 10.2 Å². The first kappa shape index (κ1) is 15.0. The highest BCUT2D eigenvalue weighted by molar-refractivity contribution is 8.01. The van der Waals surface area contributed by atoms with E-state index in [1.807, 2.05) is 18.2 Å². The number of nitrogens with one attached hydrogen (secondary N) is 1. The van der Waals surface area contributed by atoms with Crippen molar-refractivity contribution in [3.05, 3.63) is 66.0 Å². The Bertz CT molecular complexity index is 731. The van der Waals surface area contributed by atoms with Gasteiger partial charge in [-0.25, -0.2) is 4.39 Å². The number of hydrogen-bond acceptors (Lipinski definition) is 5. The van der Waals surface area contributed by atoms with Crippen LogP contribution in [0.2, 0.25) is 0 Å². The Kier molecular flexibility index (Phi) is 5.03. The van der Waals surface area contributed by atoms with Crippen molar-refractivity contribution in [1.29, 1.82) is 0 Å². The van der Waals surface area contributed by atoms with Crippen LogP contribution in [0.4, 0.5) is 15.2 Å². The molecule has 1 aromatic heterocycles. The number of nitrogens with zero attached hydrogens (tertiary/aromatic N) is 2. The van der Waals surface area contributed by atoms with E-state index in [0.29, 0.717) is 10.8 Å². The summed E-state index contributed by atoms with van der Waals surface area (Å²) in [6, 6.07) is 16.9. The van der Waals surface area contributed by atoms with E-state index in [4.69, 9.17) is 0 Å². The predicted octanol–water partition coefficient (Wildman–Crippen LogP) is 4.76. The van der Waals surface area contributed by atoms with Crippen molar-refractivity contribution in [2.24, 2.45) is 0 Å². The third-order valence-corrected chi connectivity index (χ3v) is 4.95. The molecule has 112 valence electrons. The van der Waals surface area contributed by atoms with E-state index in [9.17, 15) is 4.39 Å². The number of hydrogen-bond donors (Lipinski definition) is 1. The fraction of sp³-hybridized carbons (Fsp3) is 0.125. The van der Waals surface area contributed by atoms with Gasteiger partial charge in [0, 0.05) is 5.75 Å². The number of benzene rings is 2. The van der Waals surface area contributed by atoms with Gasteiger partial charge in [0.05, 0.1) is 5.69 Å². The number of halogens is 1. The van der Waals surface area contributed by atoms with E-state index < -0.39 is 0 Å². The Balaban J connectivity index is 1.54. The molecule has 0 aliphatic rings. The third kappa shape index (κ3) is 4.05. The highest BCUT2D eigenvalue weighted by Crippen LogP contribution is 2.28.